The summed E-state index contributed by atoms with van der Waals surface area (Å²) in [5.41, 5.74) is 1.13. The molecule has 3 rings (SSSR count). The summed E-state index contributed by atoms with van der Waals surface area (Å²) in [6.07, 6.45) is 12.0. The highest BCUT2D eigenvalue weighted by atomic mass is 16.5. The SMILES string of the molecule is C(=C[C@@H]1CCNC1)c1cncc(OCC2CC2)c1. The third-order valence-electron chi connectivity index (χ3n) is 3.58. The second-order valence-corrected chi connectivity index (χ2v) is 5.32. The summed E-state index contributed by atoms with van der Waals surface area (Å²) in [6.45, 7) is 3.08. The van der Waals surface area contributed by atoms with Crippen molar-refractivity contribution in [2.24, 2.45) is 11.8 Å². The van der Waals surface area contributed by atoms with Crippen LogP contribution in [0.3, 0.4) is 0 Å². The molecular formula is C15H20N2O. The largest absolute Gasteiger partial charge is 0.492 e. The van der Waals surface area contributed by atoms with Crippen LogP contribution in [0.4, 0.5) is 0 Å². The molecule has 3 heteroatoms. The maximum Gasteiger partial charge on any atom is 0.138 e. The van der Waals surface area contributed by atoms with E-state index in [9.17, 15) is 0 Å². The minimum Gasteiger partial charge on any atom is -0.492 e. The molecule has 2 fully saturated rings. The molecule has 1 N–H and O–H groups in total. The van der Waals surface area contributed by atoms with Gasteiger partial charge in [0.2, 0.25) is 0 Å². The lowest BCUT2D eigenvalue weighted by Gasteiger charge is -2.05. The summed E-state index contributed by atoms with van der Waals surface area (Å²) in [6, 6.07) is 2.08. The maximum atomic E-state index is 5.73. The van der Waals surface area contributed by atoms with Gasteiger partial charge in [-0.15, -0.1) is 0 Å². The van der Waals surface area contributed by atoms with Gasteiger partial charge in [-0.1, -0.05) is 12.2 Å². The molecule has 1 saturated heterocycles. The van der Waals surface area contributed by atoms with Crippen LogP contribution in [0.25, 0.3) is 6.08 Å². The van der Waals surface area contributed by atoms with Crippen molar-refractivity contribution in [3.8, 4) is 5.75 Å². The number of pyridine rings is 1. The Labute approximate surface area is 108 Å². The van der Waals surface area contributed by atoms with Gasteiger partial charge in [-0.25, -0.2) is 0 Å². The van der Waals surface area contributed by atoms with Crippen LogP contribution in [0.5, 0.6) is 5.75 Å². The fourth-order valence-corrected chi connectivity index (χ4v) is 2.19. The van der Waals surface area contributed by atoms with E-state index < -0.39 is 0 Å². The zero-order valence-corrected chi connectivity index (χ0v) is 10.6. The van der Waals surface area contributed by atoms with Crippen LogP contribution >= 0.6 is 0 Å². The Hall–Kier alpha value is -1.35. The van der Waals surface area contributed by atoms with Gasteiger partial charge >= 0.3 is 0 Å². The first-order chi connectivity index (χ1) is 8.90. The van der Waals surface area contributed by atoms with Crippen LogP contribution < -0.4 is 10.1 Å². The molecule has 0 amide bonds. The third kappa shape index (κ3) is 3.33. The predicted molar refractivity (Wildman–Crippen MR) is 72.5 cm³/mol. The Morgan fingerprint density at radius 2 is 2.28 bits per heavy atom. The molecule has 0 bridgehead atoms. The minimum absolute atomic E-state index is 0.668. The van der Waals surface area contributed by atoms with Crippen LogP contribution in [0, 0.1) is 11.8 Å². The van der Waals surface area contributed by atoms with Crippen molar-refractivity contribution < 1.29 is 4.74 Å². The summed E-state index contributed by atoms with van der Waals surface area (Å²) in [5, 5.41) is 3.37. The van der Waals surface area contributed by atoms with E-state index in [0.717, 1.165) is 36.9 Å². The van der Waals surface area contributed by atoms with E-state index in [4.69, 9.17) is 4.74 Å². The smallest absolute Gasteiger partial charge is 0.138 e. The molecule has 1 saturated carbocycles. The van der Waals surface area contributed by atoms with Gasteiger partial charge in [0.15, 0.2) is 0 Å². The molecule has 0 unspecified atom stereocenters. The number of rotatable bonds is 5. The van der Waals surface area contributed by atoms with Crippen LogP contribution in [0.15, 0.2) is 24.5 Å². The first-order valence-electron chi connectivity index (χ1n) is 6.87. The van der Waals surface area contributed by atoms with Gasteiger partial charge in [0.05, 0.1) is 12.8 Å². The fourth-order valence-electron chi connectivity index (χ4n) is 2.19. The topological polar surface area (TPSA) is 34.2 Å². The van der Waals surface area contributed by atoms with Gasteiger partial charge in [0, 0.05) is 12.7 Å². The molecule has 18 heavy (non-hydrogen) atoms. The van der Waals surface area contributed by atoms with Gasteiger partial charge in [-0.05, 0) is 49.3 Å². The Morgan fingerprint density at radius 1 is 1.33 bits per heavy atom. The first-order valence-corrected chi connectivity index (χ1v) is 6.87. The fraction of sp³-hybridized carbons (Fsp3) is 0.533. The van der Waals surface area contributed by atoms with E-state index in [-0.39, 0.29) is 0 Å². The molecule has 1 aromatic rings. The average Bonchev–Trinajstić information content (AvgIpc) is 3.09. The van der Waals surface area contributed by atoms with Crippen LogP contribution in [-0.2, 0) is 0 Å². The summed E-state index contributed by atoms with van der Waals surface area (Å²) >= 11 is 0. The molecule has 2 aliphatic rings. The molecule has 1 atom stereocenters. The van der Waals surface area contributed by atoms with Crippen molar-refractivity contribution in [2.75, 3.05) is 19.7 Å². The van der Waals surface area contributed by atoms with E-state index in [1.165, 1.54) is 19.3 Å². The van der Waals surface area contributed by atoms with Crippen molar-refractivity contribution in [1.82, 2.24) is 10.3 Å². The average molecular weight is 244 g/mol. The number of ether oxygens (including phenoxy) is 1. The summed E-state index contributed by atoms with van der Waals surface area (Å²) in [5.74, 6) is 2.35. The molecular weight excluding hydrogens is 224 g/mol. The van der Waals surface area contributed by atoms with Crippen molar-refractivity contribution in [2.45, 2.75) is 19.3 Å². The first kappa shape index (κ1) is 11.7. The van der Waals surface area contributed by atoms with Gasteiger partial charge < -0.3 is 10.1 Å². The predicted octanol–water partition coefficient (Wildman–Crippen LogP) is 2.49. The van der Waals surface area contributed by atoms with Crippen LogP contribution in [-0.4, -0.2) is 24.7 Å². The van der Waals surface area contributed by atoms with Crippen molar-refractivity contribution in [3.63, 3.8) is 0 Å². The van der Waals surface area contributed by atoms with Gasteiger partial charge in [0.25, 0.3) is 0 Å². The normalized spacial score (nSPS) is 23.7. The Bertz CT molecular complexity index is 420. The van der Waals surface area contributed by atoms with Gasteiger partial charge in [-0.2, -0.15) is 0 Å². The number of nitrogens with one attached hydrogen (secondary N) is 1. The monoisotopic (exact) mass is 244 g/mol. The molecule has 96 valence electrons. The molecule has 0 aromatic carbocycles. The quantitative estimate of drug-likeness (QED) is 0.864. The highest BCUT2D eigenvalue weighted by Crippen LogP contribution is 2.29. The van der Waals surface area contributed by atoms with E-state index in [2.05, 4.69) is 28.5 Å². The minimum atomic E-state index is 0.668. The second kappa shape index (κ2) is 5.53. The van der Waals surface area contributed by atoms with Gasteiger partial charge in [0.1, 0.15) is 5.75 Å². The number of hydrogen-bond acceptors (Lipinski definition) is 3. The summed E-state index contributed by atoms with van der Waals surface area (Å²) < 4.78 is 5.73. The molecule has 2 heterocycles. The number of aromatic nitrogens is 1. The third-order valence-corrected chi connectivity index (χ3v) is 3.58. The Kier molecular flexibility index (Phi) is 3.60. The van der Waals surface area contributed by atoms with E-state index >= 15 is 0 Å². The molecule has 1 aliphatic carbocycles. The highest BCUT2D eigenvalue weighted by molar-refractivity contribution is 5.50. The van der Waals surface area contributed by atoms with E-state index in [1.807, 2.05) is 6.20 Å². The molecule has 0 radical (unpaired) electrons. The number of nitrogens with zero attached hydrogens (tertiary/aromatic N) is 1. The number of hydrogen-bond donors (Lipinski definition) is 1. The molecule has 0 spiro atoms. The molecule has 1 aliphatic heterocycles. The van der Waals surface area contributed by atoms with E-state index in [0.29, 0.717) is 5.92 Å². The van der Waals surface area contributed by atoms with Crippen LogP contribution in [0.1, 0.15) is 24.8 Å². The van der Waals surface area contributed by atoms with Crippen LogP contribution in [0.2, 0.25) is 0 Å². The van der Waals surface area contributed by atoms with Crippen molar-refractivity contribution >= 4 is 6.08 Å². The lowest BCUT2D eigenvalue weighted by molar-refractivity contribution is 0.298. The lowest BCUT2D eigenvalue weighted by atomic mass is 10.1. The lowest BCUT2D eigenvalue weighted by Crippen LogP contribution is -2.07. The molecule has 1 aromatic heterocycles. The molecule has 3 nitrogen and oxygen atoms in total. The van der Waals surface area contributed by atoms with Gasteiger partial charge in [-0.3, -0.25) is 4.98 Å². The highest BCUT2D eigenvalue weighted by Gasteiger charge is 2.21. The second-order valence-electron chi connectivity index (χ2n) is 5.32. The zero-order valence-electron chi connectivity index (χ0n) is 10.6. The van der Waals surface area contributed by atoms with Crippen molar-refractivity contribution in [3.05, 3.63) is 30.1 Å². The zero-order chi connectivity index (χ0) is 12.2. The Morgan fingerprint density at radius 3 is 3.06 bits per heavy atom. The summed E-state index contributed by atoms with van der Waals surface area (Å²) in [7, 11) is 0. The Balaban J connectivity index is 1.58. The maximum absolute atomic E-state index is 5.73. The van der Waals surface area contributed by atoms with E-state index in [1.54, 1.807) is 6.20 Å². The van der Waals surface area contributed by atoms with Crippen molar-refractivity contribution in [1.29, 1.82) is 0 Å². The summed E-state index contributed by atoms with van der Waals surface area (Å²) in [4.78, 5) is 4.24. The standard InChI is InChI=1S/C15H20N2O/c1(12-5-6-16-8-12)4-14-7-15(10-17-9-14)18-11-13-2-3-13/h1,4,7,9-10,12-13,16H,2-3,5-6,8,11H2/t12-/m1/s1.